The Bertz CT molecular complexity index is 495. The third-order valence-electron chi connectivity index (χ3n) is 1.76. The van der Waals surface area contributed by atoms with Crippen molar-refractivity contribution in [3.63, 3.8) is 0 Å². The smallest absolute Gasteiger partial charge is 0.449 e. The molecule has 0 bridgehead atoms. The summed E-state index contributed by atoms with van der Waals surface area (Å²) >= 11 is 0. The maximum absolute atomic E-state index is 12.2. The lowest BCUT2D eigenvalue weighted by Crippen LogP contribution is -2.17. The number of halogens is 3. The van der Waals surface area contributed by atoms with Crippen LogP contribution in [0.5, 0.6) is 0 Å². The molecular weight excluding hydrogens is 251 g/mol. The van der Waals surface area contributed by atoms with E-state index >= 15 is 0 Å². The number of allylic oxidation sites excluding steroid dienone is 2. The van der Waals surface area contributed by atoms with E-state index in [0.717, 1.165) is 6.92 Å². The first-order valence-electron chi connectivity index (χ1n) is 4.65. The Labute approximate surface area is 99.7 Å². The van der Waals surface area contributed by atoms with Gasteiger partial charge in [0.25, 0.3) is 0 Å². The lowest BCUT2D eigenvalue weighted by atomic mass is 10.1. The number of hydrogen-bond acceptors (Lipinski definition) is 5. The van der Waals surface area contributed by atoms with E-state index < -0.39 is 23.3 Å². The summed E-state index contributed by atoms with van der Waals surface area (Å²) < 4.78 is 36.7. The molecule has 0 radical (unpaired) electrons. The van der Waals surface area contributed by atoms with E-state index in [4.69, 9.17) is 5.11 Å². The van der Waals surface area contributed by atoms with Crippen LogP contribution in [0.1, 0.15) is 6.92 Å². The largest absolute Gasteiger partial charge is 0.504 e. The number of ketones is 1. The first-order valence-corrected chi connectivity index (χ1v) is 4.65. The molecule has 0 aliphatic rings. The van der Waals surface area contributed by atoms with Crippen LogP contribution in [-0.4, -0.2) is 33.2 Å². The van der Waals surface area contributed by atoms with Crippen LogP contribution in [0.2, 0.25) is 0 Å². The molecule has 18 heavy (non-hydrogen) atoms. The minimum atomic E-state index is -5.01. The van der Waals surface area contributed by atoms with Gasteiger partial charge in [-0.15, -0.1) is 0 Å². The van der Waals surface area contributed by atoms with Crippen molar-refractivity contribution in [2.24, 2.45) is 4.99 Å². The minimum absolute atomic E-state index is 0.119. The van der Waals surface area contributed by atoms with Gasteiger partial charge in [-0.3, -0.25) is 4.79 Å². The van der Waals surface area contributed by atoms with E-state index in [0.29, 0.717) is 6.21 Å². The lowest BCUT2D eigenvalue weighted by molar-refractivity contribution is -0.125. The third-order valence-corrected chi connectivity index (χ3v) is 1.76. The quantitative estimate of drug-likeness (QED) is 0.512. The monoisotopic (exact) mass is 259 g/mol. The molecule has 0 amide bonds. The van der Waals surface area contributed by atoms with Crippen molar-refractivity contribution in [3.8, 4) is 0 Å². The van der Waals surface area contributed by atoms with Gasteiger partial charge in [-0.2, -0.15) is 13.2 Å². The Hall–Kier alpha value is -2.25. The molecule has 1 aromatic rings. The normalized spacial score (nSPS) is 13.6. The summed E-state index contributed by atoms with van der Waals surface area (Å²) in [6.07, 6.45) is -1.76. The molecule has 0 atom stereocenters. The van der Waals surface area contributed by atoms with Gasteiger partial charge in [0, 0.05) is 18.6 Å². The van der Waals surface area contributed by atoms with Crippen LogP contribution in [0, 0.1) is 0 Å². The number of aliphatic hydroxyl groups excluding tert-OH is 1. The molecule has 0 spiro atoms. The number of nitrogens with zero attached hydrogens (tertiary/aromatic N) is 3. The van der Waals surface area contributed by atoms with Crippen molar-refractivity contribution >= 4 is 17.9 Å². The fraction of sp³-hybridized carbons (Fsp3) is 0.200. The van der Waals surface area contributed by atoms with Crippen LogP contribution >= 0.6 is 0 Å². The van der Waals surface area contributed by atoms with Gasteiger partial charge in [0.2, 0.25) is 11.7 Å². The number of aliphatic imine (C=N–C) groups is 1. The Morgan fingerprint density at radius 3 is 2.39 bits per heavy atom. The summed E-state index contributed by atoms with van der Waals surface area (Å²) in [6, 6.07) is 1.49. The van der Waals surface area contributed by atoms with Gasteiger partial charge in [0.1, 0.15) is 0 Å². The van der Waals surface area contributed by atoms with Crippen LogP contribution in [0.25, 0.3) is 0 Å². The summed E-state index contributed by atoms with van der Waals surface area (Å²) in [5.74, 6) is -3.08. The summed E-state index contributed by atoms with van der Waals surface area (Å²) in [7, 11) is 0. The molecule has 5 nitrogen and oxygen atoms in total. The summed E-state index contributed by atoms with van der Waals surface area (Å²) in [4.78, 5) is 21.7. The standard InChI is InChI=1S/C10H8F3N3O2/c1-6(17)7(8(18)10(11,12)13)5-16-9-14-3-2-4-15-9/h2-5,18H,1H3/b8-7-,16-5+. The zero-order chi connectivity index (χ0) is 13.8. The highest BCUT2D eigenvalue weighted by atomic mass is 19.4. The highest BCUT2D eigenvalue weighted by Crippen LogP contribution is 2.25. The number of rotatable bonds is 3. The molecule has 0 saturated heterocycles. The molecule has 0 unspecified atom stereocenters. The van der Waals surface area contributed by atoms with Crippen molar-refractivity contribution in [1.82, 2.24) is 9.97 Å². The topological polar surface area (TPSA) is 75.4 Å². The van der Waals surface area contributed by atoms with Crippen LogP contribution in [-0.2, 0) is 4.79 Å². The van der Waals surface area contributed by atoms with Crippen LogP contribution in [0.15, 0.2) is 34.8 Å². The fourth-order valence-electron chi connectivity index (χ4n) is 0.952. The fourth-order valence-corrected chi connectivity index (χ4v) is 0.952. The van der Waals surface area contributed by atoms with Crippen molar-refractivity contribution in [1.29, 1.82) is 0 Å². The van der Waals surface area contributed by atoms with Crippen molar-refractivity contribution in [3.05, 3.63) is 29.8 Å². The molecule has 0 aliphatic carbocycles. The van der Waals surface area contributed by atoms with E-state index in [9.17, 15) is 18.0 Å². The zero-order valence-electron chi connectivity index (χ0n) is 9.14. The molecule has 96 valence electrons. The molecule has 1 N–H and O–H groups in total. The average molecular weight is 259 g/mol. The molecule has 8 heteroatoms. The Morgan fingerprint density at radius 1 is 1.39 bits per heavy atom. The number of carbonyl (C=O) groups is 1. The lowest BCUT2D eigenvalue weighted by Gasteiger charge is -2.07. The Morgan fingerprint density at radius 2 is 1.94 bits per heavy atom. The van der Waals surface area contributed by atoms with Gasteiger partial charge in [-0.1, -0.05) is 0 Å². The summed E-state index contributed by atoms with van der Waals surface area (Å²) in [6.45, 7) is 0.884. The van der Waals surface area contributed by atoms with Gasteiger partial charge >= 0.3 is 6.18 Å². The van der Waals surface area contributed by atoms with E-state index in [1.807, 2.05) is 0 Å². The molecule has 1 aromatic heterocycles. The highest BCUT2D eigenvalue weighted by molar-refractivity contribution is 6.13. The second-order valence-electron chi connectivity index (χ2n) is 3.12. The number of alkyl halides is 3. The van der Waals surface area contributed by atoms with E-state index in [1.54, 1.807) is 0 Å². The Balaban J connectivity index is 3.10. The van der Waals surface area contributed by atoms with Crippen molar-refractivity contribution in [2.75, 3.05) is 0 Å². The number of carbonyl (C=O) groups excluding carboxylic acids is 1. The number of hydrogen-bond donors (Lipinski definition) is 1. The van der Waals surface area contributed by atoms with E-state index in [1.165, 1.54) is 18.5 Å². The first kappa shape index (κ1) is 13.8. The third kappa shape index (κ3) is 3.65. The van der Waals surface area contributed by atoms with Gasteiger partial charge in [0.05, 0.1) is 5.57 Å². The SMILES string of the molecule is CC(=O)C(/C=N/c1ncccn1)=C(\O)C(F)(F)F. The maximum Gasteiger partial charge on any atom is 0.449 e. The van der Waals surface area contributed by atoms with Gasteiger partial charge < -0.3 is 5.11 Å². The number of aromatic nitrogens is 2. The zero-order valence-corrected chi connectivity index (χ0v) is 9.14. The molecular formula is C10H8F3N3O2. The average Bonchev–Trinajstić information content (AvgIpc) is 2.28. The molecule has 1 heterocycles. The van der Waals surface area contributed by atoms with E-state index in [-0.39, 0.29) is 5.95 Å². The first-order chi connectivity index (χ1) is 8.32. The second kappa shape index (κ2) is 5.39. The van der Waals surface area contributed by atoms with Crippen molar-refractivity contribution < 1.29 is 23.1 Å². The number of aliphatic hydroxyl groups is 1. The van der Waals surface area contributed by atoms with E-state index in [2.05, 4.69) is 15.0 Å². The van der Waals surface area contributed by atoms with Gasteiger partial charge in [-0.25, -0.2) is 15.0 Å². The molecule has 0 aromatic carbocycles. The predicted octanol–water partition coefficient (Wildman–Crippen LogP) is 2.14. The molecule has 0 saturated carbocycles. The summed E-state index contributed by atoms with van der Waals surface area (Å²) in [5, 5.41) is 8.90. The van der Waals surface area contributed by atoms with Gasteiger partial charge in [-0.05, 0) is 13.0 Å². The highest BCUT2D eigenvalue weighted by Gasteiger charge is 2.37. The molecule has 1 rings (SSSR count). The maximum atomic E-state index is 12.2. The van der Waals surface area contributed by atoms with Gasteiger partial charge in [0.15, 0.2) is 5.78 Å². The van der Waals surface area contributed by atoms with Crippen LogP contribution < -0.4 is 0 Å². The second-order valence-corrected chi connectivity index (χ2v) is 3.12. The Kier molecular flexibility index (Phi) is 4.13. The molecule has 0 aliphatic heterocycles. The number of Topliss-reactive ketones (excluding diaryl/α,β-unsaturated/α-hetero) is 1. The van der Waals surface area contributed by atoms with Crippen molar-refractivity contribution in [2.45, 2.75) is 13.1 Å². The van der Waals surface area contributed by atoms with Crippen LogP contribution in [0.3, 0.4) is 0 Å². The van der Waals surface area contributed by atoms with Crippen LogP contribution in [0.4, 0.5) is 19.1 Å². The summed E-state index contributed by atoms with van der Waals surface area (Å²) in [5.41, 5.74) is -0.949. The molecule has 0 fully saturated rings. The minimum Gasteiger partial charge on any atom is -0.504 e. The predicted molar refractivity (Wildman–Crippen MR) is 56.6 cm³/mol.